The first-order valence-electron chi connectivity index (χ1n) is 4.69. The fourth-order valence-corrected chi connectivity index (χ4v) is 2.75. The standard InChI is InChI=1S/C6H18O8Si2/c7-3-1-2-6(4-8,5-9)15-13-14-16(10,11)12/h7-12H,1-5,15H2. The number of aliphatic hydroxyl groups is 3. The van der Waals surface area contributed by atoms with E-state index < -0.39 is 23.8 Å². The van der Waals surface area contributed by atoms with Crippen LogP contribution in [0.1, 0.15) is 12.8 Å². The summed E-state index contributed by atoms with van der Waals surface area (Å²) in [5.41, 5.74) is 0. The minimum Gasteiger partial charge on any atom is -0.396 e. The van der Waals surface area contributed by atoms with Crippen LogP contribution in [0.5, 0.6) is 0 Å². The van der Waals surface area contributed by atoms with E-state index in [1.165, 1.54) is 0 Å². The van der Waals surface area contributed by atoms with Crippen molar-refractivity contribution in [2.75, 3.05) is 19.8 Å². The molecule has 98 valence electrons. The third-order valence-electron chi connectivity index (χ3n) is 2.07. The van der Waals surface area contributed by atoms with Gasteiger partial charge in [0.05, 0.1) is 13.2 Å². The van der Waals surface area contributed by atoms with Crippen molar-refractivity contribution in [3.8, 4) is 0 Å². The summed E-state index contributed by atoms with van der Waals surface area (Å²) in [4.78, 5) is 25.5. The van der Waals surface area contributed by atoms with Crippen LogP contribution in [0.3, 0.4) is 0 Å². The van der Waals surface area contributed by atoms with E-state index in [1.807, 2.05) is 0 Å². The van der Waals surface area contributed by atoms with Gasteiger partial charge in [0.1, 0.15) is 0 Å². The van der Waals surface area contributed by atoms with Crippen LogP contribution in [-0.2, 0) is 9.15 Å². The lowest BCUT2D eigenvalue weighted by molar-refractivity contribution is -0.182. The summed E-state index contributed by atoms with van der Waals surface area (Å²) < 4.78 is 8.44. The van der Waals surface area contributed by atoms with E-state index >= 15 is 0 Å². The van der Waals surface area contributed by atoms with Crippen LogP contribution in [0, 0.1) is 0 Å². The van der Waals surface area contributed by atoms with E-state index in [9.17, 15) is 0 Å². The van der Waals surface area contributed by atoms with Crippen molar-refractivity contribution in [2.45, 2.75) is 17.9 Å². The SMILES string of the molecule is OCCCC(CO)(CO)[SiH2]OO[Si](O)(O)O. The van der Waals surface area contributed by atoms with E-state index in [2.05, 4.69) is 9.15 Å². The van der Waals surface area contributed by atoms with Gasteiger partial charge in [0.2, 0.25) is 9.76 Å². The van der Waals surface area contributed by atoms with Gasteiger partial charge in [0.25, 0.3) is 0 Å². The molecule has 0 saturated heterocycles. The van der Waals surface area contributed by atoms with Crippen molar-refractivity contribution in [2.24, 2.45) is 0 Å². The molecule has 0 fully saturated rings. The van der Waals surface area contributed by atoms with E-state index in [-0.39, 0.29) is 19.8 Å². The molecule has 0 aliphatic carbocycles. The summed E-state index contributed by atoms with van der Waals surface area (Å²) in [6.07, 6.45) is 0.695. The molecule has 0 spiro atoms. The molecule has 0 radical (unpaired) electrons. The topological polar surface area (TPSA) is 140 Å². The summed E-state index contributed by atoms with van der Waals surface area (Å²) in [6, 6.07) is 0. The largest absolute Gasteiger partial charge is 0.698 e. The molecule has 0 aromatic heterocycles. The molecule has 0 aromatic carbocycles. The van der Waals surface area contributed by atoms with Gasteiger partial charge in [-0.05, 0) is 12.8 Å². The maximum atomic E-state index is 9.11. The number of hydrogen-bond donors (Lipinski definition) is 6. The van der Waals surface area contributed by atoms with Gasteiger partial charge in [-0.25, -0.2) is 4.58 Å². The number of aliphatic hydroxyl groups excluding tert-OH is 3. The van der Waals surface area contributed by atoms with Gasteiger partial charge in [0, 0.05) is 11.6 Å². The summed E-state index contributed by atoms with van der Waals surface area (Å²) in [6.45, 7) is -0.818. The van der Waals surface area contributed by atoms with Crippen LogP contribution in [0.25, 0.3) is 0 Å². The van der Waals surface area contributed by atoms with E-state index in [0.717, 1.165) is 0 Å². The summed E-state index contributed by atoms with van der Waals surface area (Å²) in [5, 5.41) is 26.0. The zero-order chi connectivity index (χ0) is 12.7. The van der Waals surface area contributed by atoms with Crippen molar-refractivity contribution >= 4 is 18.8 Å². The van der Waals surface area contributed by atoms with Crippen molar-refractivity contribution in [3.05, 3.63) is 0 Å². The molecule has 0 bridgehead atoms. The molecular weight excluding hydrogens is 256 g/mol. The molecule has 0 heterocycles. The summed E-state index contributed by atoms with van der Waals surface area (Å²) in [7, 11) is -6.37. The van der Waals surface area contributed by atoms with Gasteiger partial charge in [0.15, 0.2) is 0 Å². The summed E-state index contributed by atoms with van der Waals surface area (Å²) in [5.74, 6) is 0. The first-order valence-corrected chi connectivity index (χ1v) is 7.73. The van der Waals surface area contributed by atoms with Crippen molar-refractivity contribution in [3.63, 3.8) is 0 Å². The molecule has 0 amide bonds. The molecule has 0 unspecified atom stereocenters. The normalized spacial score (nSPS) is 13.9. The van der Waals surface area contributed by atoms with Gasteiger partial charge >= 0.3 is 9.05 Å². The zero-order valence-electron chi connectivity index (χ0n) is 8.74. The molecule has 0 aromatic rings. The predicted molar refractivity (Wildman–Crippen MR) is 56.3 cm³/mol. The molecular formula is C6H18O8Si2. The minimum absolute atomic E-state index is 0.0876. The van der Waals surface area contributed by atoms with Gasteiger partial charge in [-0.2, -0.15) is 0 Å². The maximum Gasteiger partial charge on any atom is 0.698 e. The van der Waals surface area contributed by atoms with Crippen LogP contribution in [0.2, 0.25) is 5.04 Å². The molecule has 16 heavy (non-hydrogen) atoms. The Morgan fingerprint density at radius 3 is 2.00 bits per heavy atom. The van der Waals surface area contributed by atoms with Crippen LogP contribution in [-0.4, -0.2) is 68.3 Å². The van der Waals surface area contributed by atoms with Gasteiger partial charge in [-0.1, -0.05) is 0 Å². The Morgan fingerprint density at radius 1 is 1.06 bits per heavy atom. The quantitative estimate of drug-likeness (QED) is 0.144. The highest BCUT2D eigenvalue weighted by Crippen LogP contribution is 2.29. The van der Waals surface area contributed by atoms with Crippen molar-refractivity contribution < 1.29 is 38.9 Å². The fraction of sp³-hybridized carbons (Fsp3) is 1.00. The van der Waals surface area contributed by atoms with Crippen molar-refractivity contribution in [1.82, 2.24) is 0 Å². The van der Waals surface area contributed by atoms with Crippen LogP contribution >= 0.6 is 0 Å². The molecule has 10 heteroatoms. The minimum atomic E-state index is -4.71. The third kappa shape index (κ3) is 6.64. The van der Waals surface area contributed by atoms with E-state index in [4.69, 9.17) is 29.7 Å². The maximum absolute atomic E-state index is 9.11. The Morgan fingerprint density at radius 2 is 1.62 bits per heavy atom. The lowest BCUT2D eigenvalue weighted by Gasteiger charge is -2.28. The molecule has 0 rings (SSSR count). The van der Waals surface area contributed by atoms with E-state index in [0.29, 0.717) is 12.8 Å². The summed E-state index contributed by atoms with van der Waals surface area (Å²) >= 11 is 0. The Balaban J connectivity index is 4.11. The van der Waals surface area contributed by atoms with Crippen LogP contribution < -0.4 is 0 Å². The second-order valence-corrected chi connectivity index (χ2v) is 6.90. The highest BCUT2D eigenvalue weighted by molar-refractivity contribution is 6.48. The number of hydrogen-bond acceptors (Lipinski definition) is 8. The van der Waals surface area contributed by atoms with Crippen LogP contribution in [0.15, 0.2) is 0 Å². The molecule has 0 aliphatic heterocycles. The number of rotatable bonds is 9. The smallest absolute Gasteiger partial charge is 0.396 e. The monoisotopic (exact) mass is 274 g/mol. The van der Waals surface area contributed by atoms with Gasteiger partial charge in [-0.3, -0.25) is 4.58 Å². The van der Waals surface area contributed by atoms with Crippen LogP contribution in [0.4, 0.5) is 0 Å². The molecule has 8 nitrogen and oxygen atoms in total. The Kier molecular flexibility index (Phi) is 7.49. The average molecular weight is 274 g/mol. The second-order valence-electron chi connectivity index (χ2n) is 3.56. The first-order chi connectivity index (χ1) is 7.39. The highest BCUT2D eigenvalue weighted by Gasteiger charge is 2.36. The zero-order valence-corrected chi connectivity index (χ0v) is 11.2. The lowest BCUT2D eigenvalue weighted by atomic mass is 10.0. The third-order valence-corrected chi connectivity index (χ3v) is 4.30. The Bertz CT molecular complexity index is 180. The molecule has 0 atom stereocenters. The van der Waals surface area contributed by atoms with Crippen molar-refractivity contribution in [1.29, 1.82) is 0 Å². The second kappa shape index (κ2) is 7.44. The molecule has 0 saturated carbocycles. The Labute approximate surface area is 96.1 Å². The van der Waals surface area contributed by atoms with Gasteiger partial charge in [-0.15, -0.1) is 0 Å². The first kappa shape index (κ1) is 16.1. The Hall–Kier alpha value is 0.114. The lowest BCUT2D eigenvalue weighted by Crippen LogP contribution is -2.41. The molecule has 6 N–H and O–H groups in total. The average Bonchev–Trinajstić information content (AvgIpc) is 2.22. The fourth-order valence-electron chi connectivity index (χ4n) is 1.06. The van der Waals surface area contributed by atoms with E-state index in [1.54, 1.807) is 0 Å². The predicted octanol–water partition coefficient (Wildman–Crippen LogP) is -3.65. The molecule has 0 aliphatic rings. The van der Waals surface area contributed by atoms with Gasteiger partial charge < -0.3 is 29.7 Å². The highest BCUT2D eigenvalue weighted by atomic mass is 28.4.